The Morgan fingerprint density at radius 1 is 1.10 bits per heavy atom. The first-order chi connectivity index (χ1) is 20.0. The van der Waals surface area contributed by atoms with Crippen molar-refractivity contribution >= 4 is 36.0 Å². The number of benzene rings is 2. The molecule has 0 unspecified atom stereocenters. The van der Waals surface area contributed by atoms with Crippen molar-refractivity contribution in [2.45, 2.75) is 17.7 Å². The molecule has 0 radical (unpaired) electrons. The summed E-state index contributed by atoms with van der Waals surface area (Å²) in [5.41, 5.74) is 3.33. The van der Waals surface area contributed by atoms with E-state index in [0.29, 0.717) is 39.9 Å². The molecule has 0 atom stereocenters. The molecule has 0 fully saturated rings. The van der Waals surface area contributed by atoms with E-state index < -0.39 is 5.97 Å². The van der Waals surface area contributed by atoms with Gasteiger partial charge in [-0.3, -0.25) is 14.6 Å². The standard InChI is InChI=1S/C27H30N4O9S/c1-36-22-6-4-7-23(21(22)10-12-26(32)33)38-16-15-37-14-13-28-27(34)20-9-11-25(29-17-20)31-30-18-19-5-2-3-8-24(19)41-40-39-35/h2-9,11,17-18,35H,10,12-16H2,1H3,(H,28,34)(H,29,31)(H,32,33)/b30-18+. The maximum Gasteiger partial charge on any atom is 0.303 e. The van der Waals surface area contributed by atoms with Crippen LogP contribution in [0.4, 0.5) is 5.82 Å². The Labute approximate surface area is 240 Å². The van der Waals surface area contributed by atoms with Crippen LogP contribution in [0.25, 0.3) is 0 Å². The molecule has 0 aliphatic carbocycles. The molecule has 3 aromatic rings. The highest BCUT2D eigenvalue weighted by Gasteiger charge is 2.12. The van der Waals surface area contributed by atoms with Crippen LogP contribution in [0.2, 0.25) is 0 Å². The van der Waals surface area contributed by atoms with Crippen molar-refractivity contribution in [3.05, 3.63) is 77.5 Å². The number of carboxylic acid groups (broad SMARTS) is 1. The van der Waals surface area contributed by atoms with Gasteiger partial charge in [0.05, 0.1) is 44.1 Å². The highest BCUT2D eigenvalue weighted by Crippen LogP contribution is 2.29. The quantitative estimate of drug-likeness (QED) is 0.0490. The molecule has 0 bridgehead atoms. The maximum absolute atomic E-state index is 12.4. The van der Waals surface area contributed by atoms with Gasteiger partial charge in [-0.1, -0.05) is 29.4 Å². The number of aliphatic carboxylic acids is 1. The van der Waals surface area contributed by atoms with Crippen molar-refractivity contribution < 1.29 is 49.0 Å². The summed E-state index contributed by atoms with van der Waals surface area (Å²) in [6.45, 7) is 1.09. The van der Waals surface area contributed by atoms with Gasteiger partial charge >= 0.3 is 5.97 Å². The summed E-state index contributed by atoms with van der Waals surface area (Å²) in [5.74, 6) is 0.470. The normalized spacial score (nSPS) is 11.0. The van der Waals surface area contributed by atoms with Crippen LogP contribution in [-0.4, -0.2) is 61.7 Å². The number of nitrogens with zero attached hydrogens (tertiary/aromatic N) is 2. The third-order valence-electron chi connectivity index (χ3n) is 5.46. The summed E-state index contributed by atoms with van der Waals surface area (Å²) in [5, 5.41) is 29.4. The summed E-state index contributed by atoms with van der Waals surface area (Å²) in [6, 6.07) is 15.7. The Morgan fingerprint density at radius 2 is 1.93 bits per heavy atom. The molecule has 0 aliphatic heterocycles. The smallest absolute Gasteiger partial charge is 0.303 e. The number of methoxy groups -OCH3 is 1. The van der Waals surface area contributed by atoms with Crippen LogP contribution < -0.4 is 25.5 Å². The zero-order valence-electron chi connectivity index (χ0n) is 22.2. The lowest BCUT2D eigenvalue weighted by atomic mass is 10.1. The third kappa shape index (κ3) is 10.8. The predicted molar refractivity (Wildman–Crippen MR) is 145 cm³/mol. The molecule has 1 amide bonds. The minimum Gasteiger partial charge on any atom is -0.691 e. The highest BCUT2D eigenvalue weighted by atomic mass is 32.2. The van der Waals surface area contributed by atoms with Crippen LogP contribution in [0.3, 0.4) is 0 Å². The second-order valence-corrected chi connectivity index (χ2v) is 8.93. The van der Waals surface area contributed by atoms with E-state index in [1.54, 1.807) is 54.7 Å². The number of carbonyl (C=O) groups is 2. The molecule has 2 aromatic carbocycles. The van der Waals surface area contributed by atoms with E-state index in [0.717, 1.165) is 17.6 Å². The molecule has 0 aliphatic rings. The molecule has 0 saturated heterocycles. The number of amides is 1. The van der Waals surface area contributed by atoms with E-state index in [4.69, 9.17) is 19.3 Å². The fourth-order valence-electron chi connectivity index (χ4n) is 3.53. The maximum atomic E-state index is 12.4. The van der Waals surface area contributed by atoms with E-state index in [9.17, 15) is 14.8 Å². The minimum atomic E-state index is -0.902. The molecule has 0 saturated carbocycles. The summed E-state index contributed by atoms with van der Waals surface area (Å²) >= 11 is 0.777. The first-order valence-electron chi connectivity index (χ1n) is 12.4. The predicted octanol–water partition coefficient (Wildman–Crippen LogP) is 1.39. The molecule has 14 heteroatoms. The Bertz CT molecular complexity index is 1290. The van der Waals surface area contributed by atoms with Crippen LogP contribution in [0.5, 0.6) is 11.5 Å². The van der Waals surface area contributed by atoms with Gasteiger partial charge in [0.1, 0.15) is 18.1 Å². The number of hydrogen-bond donors (Lipinski definition) is 3. The van der Waals surface area contributed by atoms with Crippen molar-refractivity contribution in [1.82, 2.24) is 10.3 Å². The number of nitrogens with two attached hydrogens (primary N) is 1. The number of aromatic nitrogens is 1. The van der Waals surface area contributed by atoms with E-state index in [1.165, 1.54) is 18.7 Å². The highest BCUT2D eigenvalue weighted by molar-refractivity contribution is 7.94. The fraction of sp³-hybridized carbons (Fsp3) is 0.259. The van der Waals surface area contributed by atoms with Gasteiger partial charge in [0.15, 0.2) is 0 Å². The van der Waals surface area contributed by atoms with Gasteiger partial charge < -0.3 is 29.9 Å². The zero-order valence-corrected chi connectivity index (χ0v) is 23.0. The summed E-state index contributed by atoms with van der Waals surface area (Å²) in [7, 11) is 1.52. The lowest BCUT2D eigenvalue weighted by Gasteiger charge is -2.14. The Balaban J connectivity index is 1.36. The summed E-state index contributed by atoms with van der Waals surface area (Å²) in [6.07, 6.45) is 3.28. The molecule has 1 aromatic heterocycles. The molecule has 1 heterocycles. The van der Waals surface area contributed by atoms with Crippen molar-refractivity contribution in [1.29, 1.82) is 0 Å². The van der Waals surface area contributed by atoms with Crippen molar-refractivity contribution in [3.63, 3.8) is 0 Å². The molecule has 13 nitrogen and oxygen atoms in total. The summed E-state index contributed by atoms with van der Waals surface area (Å²) in [4.78, 5) is 28.2. The summed E-state index contributed by atoms with van der Waals surface area (Å²) < 4.78 is 21.0. The minimum absolute atomic E-state index is 0.0382. The number of nitrogens with one attached hydrogen (secondary N) is 1. The Kier molecular flexibility index (Phi) is 13.5. The van der Waals surface area contributed by atoms with Gasteiger partial charge in [-0.05, 0) is 30.7 Å². The van der Waals surface area contributed by atoms with E-state index in [2.05, 4.69) is 24.8 Å². The molecule has 41 heavy (non-hydrogen) atoms. The number of pyridine rings is 1. The monoisotopic (exact) mass is 586 g/mol. The topological polar surface area (TPSA) is 177 Å². The molecule has 218 valence electrons. The molecular formula is C27H30N4O9S. The van der Waals surface area contributed by atoms with Gasteiger partial charge in [-0.2, -0.15) is 9.76 Å². The number of quaternary nitrogens is 1. The molecule has 0 spiro atoms. The van der Waals surface area contributed by atoms with E-state index >= 15 is 0 Å². The number of carbonyl (C=O) groups excluding carboxylic acids is 1. The second-order valence-electron chi connectivity index (χ2n) is 8.18. The second kappa shape index (κ2) is 17.6. The molecule has 3 rings (SSSR count). The van der Waals surface area contributed by atoms with Gasteiger partial charge in [-0.15, -0.1) is 0 Å². The van der Waals surface area contributed by atoms with Crippen LogP contribution >= 0.6 is 12.0 Å². The lowest BCUT2D eigenvalue weighted by Crippen LogP contribution is -2.71. The number of hydrogen-bond acceptors (Lipinski definition) is 11. The van der Waals surface area contributed by atoms with Gasteiger partial charge in [0.25, 0.3) is 11.7 Å². The number of ether oxygens (including phenoxy) is 3. The number of rotatable bonds is 18. The van der Waals surface area contributed by atoms with Gasteiger partial charge in [-0.25, -0.2) is 4.98 Å². The average Bonchev–Trinajstić information content (AvgIpc) is 2.99. The van der Waals surface area contributed by atoms with Crippen LogP contribution in [0.15, 0.2) is 70.8 Å². The van der Waals surface area contributed by atoms with E-state index in [-0.39, 0.29) is 38.6 Å². The van der Waals surface area contributed by atoms with Crippen molar-refractivity contribution in [3.8, 4) is 11.5 Å². The Hall–Kier alpha value is -4.05. The molecule has 4 N–H and O–H groups in total. The average molecular weight is 587 g/mol. The zero-order chi connectivity index (χ0) is 29.3. The van der Waals surface area contributed by atoms with Gasteiger partial charge in [0.2, 0.25) is 0 Å². The largest absolute Gasteiger partial charge is 0.691 e. The van der Waals surface area contributed by atoms with E-state index in [1.807, 2.05) is 6.07 Å². The Morgan fingerprint density at radius 3 is 2.68 bits per heavy atom. The third-order valence-corrected chi connectivity index (χ3v) is 6.13. The number of carboxylic acids is 1. The van der Waals surface area contributed by atoms with Crippen LogP contribution in [0.1, 0.15) is 27.9 Å². The lowest BCUT2D eigenvalue weighted by molar-refractivity contribution is -0.777. The van der Waals surface area contributed by atoms with Gasteiger partial charge in [0, 0.05) is 41.3 Å². The SMILES string of the molecule is COc1cccc(OCCOCCNC(=O)c2ccc([NH2+]/N=C/c3ccccc3SOO[O-])nc2)c1CCC(=O)O. The fourth-order valence-corrected chi connectivity index (χ4v) is 3.98. The van der Waals surface area contributed by atoms with Crippen LogP contribution in [0, 0.1) is 0 Å². The van der Waals surface area contributed by atoms with Crippen LogP contribution in [-0.2, 0) is 25.3 Å². The first-order valence-corrected chi connectivity index (χ1v) is 13.2. The molecular weight excluding hydrogens is 556 g/mol. The van der Waals surface area contributed by atoms with Crippen molar-refractivity contribution in [2.24, 2.45) is 5.10 Å². The first kappa shape index (κ1) is 31.5. The van der Waals surface area contributed by atoms with Crippen molar-refractivity contribution in [2.75, 3.05) is 33.5 Å².